The van der Waals surface area contributed by atoms with Gasteiger partial charge in [0.25, 0.3) is 0 Å². The standard InChI is InChI=1S/C46H87NO18/c1-3-5-7-8-9-10-11-12-13-14-15-16-17-18-19-20-22-23-30(51)29(47-34(52)24-21-6-4-2)28-60-44-40(58)37(55)42(32(26-49)62-44)65-46-41(59)38(56)43(33(27-50)63-46)64-45-39(57)36(54)35(53)31(25-48)61-45/h29-33,35-46,48-51,53-59H,3-28H2,1-2H3,(H,47,52). The van der Waals surface area contributed by atoms with Gasteiger partial charge >= 0.3 is 0 Å². The number of ether oxygens (including phenoxy) is 6. The zero-order chi connectivity index (χ0) is 47.7. The molecule has 0 aromatic rings. The van der Waals surface area contributed by atoms with Crippen LogP contribution in [0.3, 0.4) is 0 Å². The Morgan fingerprint density at radius 3 is 1.34 bits per heavy atom. The van der Waals surface area contributed by atoms with Crippen molar-refractivity contribution in [3.8, 4) is 0 Å². The van der Waals surface area contributed by atoms with E-state index < -0.39 is 124 Å². The number of hydrogen-bond donors (Lipinski definition) is 12. The Bertz CT molecular complexity index is 1220. The van der Waals surface area contributed by atoms with Crippen molar-refractivity contribution in [2.45, 2.75) is 259 Å². The van der Waals surface area contributed by atoms with Crippen LogP contribution in [0, 0.1) is 0 Å². The Labute approximate surface area is 385 Å². The van der Waals surface area contributed by atoms with Gasteiger partial charge in [0.05, 0.1) is 38.6 Å². The maximum Gasteiger partial charge on any atom is 0.220 e. The summed E-state index contributed by atoms with van der Waals surface area (Å²) < 4.78 is 34.0. The third-order valence-electron chi connectivity index (χ3n) is 12.9. The molecule has 17 atom stereocenters. The zero-order valence-electron chi connectivity index (χ0n) is 39.0. The first-order chi connectivity index (χ1) is 31.3. The van der Waals surface area contributed by atoms with E-state index in [1.807, 2.05) is 6.92 Å². The van der Waals surface area contributed by atoms with Crippen molar-refractivity contribution in [1.29, 1.82) is 0 Å². The number of carbonyl (C=O) groups excluding carboxylic acids is 1. The molecule has 0 aromatic carbocycles. The van der Waals surface area contributed by atoms with Crippen molar-refractivity contribution in [3.05, 3.63) is 0 Å². The fourth-order valence-electron chi connectivity index (χ4n) is 8.72. The smallest absolute Gasteiger partial charge is 0.220 e. The zero-order valence-corrected chi connectivity index (χ0v) is 39.0. The minimum atomic E-state index is -1.97. The van der Waals surface area contributed by atoms with E-state index in [0.717, 1.165) is 38.5 Å². The number of hydrogen-bond acceptors (Lipinski definition) is 18. The summed E-state index contributed by atoms with van der Waals surface area (Å²) >= 11 is 0. The van der Waals surface area contributed by atoms with E-state index in [1.54, 1.807) is 0 Å². The van der Waals surface area contributed by atoms with Crippen LogP contribution in [-0.4, -0.2) is 193 Å². The highest BCUT2D eigenvalue weighted by molar-refractivity contribution is 5.76. The van der Waals surface area contributed by atoms with Gasteiger partial charge in [0, 0.05) is 6.42 Å². The van der Waals surface area contributed by atoms with Gasteiger partial charge in [-0.15, -0.1) is 0 Å². The molecule has 0 saturated carbocycles. The molecule has 3 saturated heterocycles. The van der Waals surface area contributed by atoms with E-state index in [2.05, 4.69) is 12.2 Å². The summed E-state index contributed by atoms with van der Waals surface area (Å²) in [5.41, 5.74) is 0. The lowest BCUT2D eigenvalue weighted by atomic mass is 9.96. The molecule has 0 spiro atoms. The number of carbonyl (C=O) groups is 1. The predicted molar refractivity (Wildman–Crippen MR) is 236 cm³/mol. The number of amides is 1. The lowest BCUT2D eigenvalue weighted by molar-refractivity contribution is -0.379. The van der Waals surface area contributed by atoms with Crippen molar-refractivity contribution >= 4 is 5.91 Å². The lowest BCUT2D eigenvalue weighted by Gasteiger charge is -2.48. The molecule has 17 unspecified atom stereocenters. The summed E-state index contributed by atoms with van der Waals surface area (Å²) in [6, 6.07) is -0.875. The van der Waals surface area contributed by atoms with Crippen molar-refractivity contribution in [2.75, 3.05) is 26.4 Å². The largest absolute Gasteiger partial charge is 0.394 e. The first-order valence-electron chi connectivity index (χ1n) is 24.8. The molecule has 19 heteroatoms. The predicted octanol–water partition coefficient (Wildman–Crippen LogP) is 0.919. The number of aliphatic hydroxyl groups excluding tert-OH is 11. The first kappa shape index (κ1) is 58.1. The average molecular weight is 942 g/mol. The third-order valence-corrected chi connectivity index (χ3v) is 12.9. The van der Waals surface area contributed by atoms with E-state index in [-0.39, 0.29) is 18.9 Å². The molecule has 19 nitrogen and oxygen atoms in total. The quantitative estimate of drug-likeness (QED) is 0.0399. The molecule has 3 aliphatic heterocycles. The highest BCUT2D eigenvalue weighted by Gasteiger charge is 2.53. The van der Waals surface area contributed by atoms with Crippen LogP contribution in [0.2, 0.25) is 0 Å². The Kier molecular flexibility index (Phi) is 29.1. The second kappa shape index (κ2) is 32.6. The molecule has 0 radical (unpaired) electrons. The summed E-state index contributed by atoms with van der Waals surface area (Å²) in [4.78, 5) is 12.9. The third kappa shape index (κ3) is 19.2. The maximum absolute atomic E-state index is 12.9. The summed E-state index contributed by atoms with van der Waals surface area (Å²) in [5, 5.41) is 119. The lowest BCUT2D eigenvalue weighted by Crippen LogP contribution is -2.66. The molecule has 0 bridgehead atoms. The molecule has 65 heavy (non-hydrogen) atoms. The fraction of sp³-hybridized carbons (Fsp3) is 0.978. The van der Waals surface area contributed by atoms with Gasteiger partial charge in [-0.05, 0) is 12.8 Å². The van der Waals surface area contributed by atoms with Crippen LogP contribution in [0.25, 0.3) is 0 Å². The molecule has 12 N–H and O–H groups in total. The Morgan fingerprint density at radius 2 is 0.877 bits per heavy atom. The van der Waals surface area contributed by atoms with Crippen LogP contribution in [0.5, 0.6) is 0 Å². The van der Waals surface area contributed by atoms with Gasteiger partial charge in [0.15, 0.2) is 18.9 Å². The van der Waals surface area contributed by atoms with Crippen LogP contribution in [0.1, 0.15) is 155 Å². The number of nitrogens with one attached hydrogen (secondary N) is 1. The van der Waals surface area contributed by atoms with Gasteiger partial charge in [0.2, 0.25) is 5.91 Å². The van der Waals surface area contributed by atoms with E-state index in [1.165, 1.54) is 83.5 Å². The Balaban J connectivity index is 1.48. The minimum Gasteiger partial charge on any atom is -0.394 e. The van der Waals surface area contributed by atoms with Gasteiger partial charge in [-0.2, -0.15) is 0 Å². The summed E-state index contributed by atoms with van der Waals surface area (Å²) in [6.07, 6.45) is -2.44. The number of rotatable bonds is 34. The van der Waals surface area contributed by atoms with Crippen LogP contribution in [-0.2, 0) is 33.2 Å². The molecular weight excluding hydrogens is 854 g/mol. The van der Waals surface area contributed by atoms with Crippen molar-refractivity contribution in [2.24, 2.45) is 0 Å². The molecule has 0 aliphatic carbocycles. The van der Waals surface area contributed by atoms with Crippen LogP contribution in [0.4, 0.5) is 0 Å². The second-order valence-electron chi connectivity index (χ2n) is 18.3. The summed E-state index contributed by atoms with van der Waals surface area (Å²) in [6.45, 7) is 1.58. The summed E-state index contributed by atoms with van der Waals surface area (Å²) in [7, 11) is 0. The van der Waals surface area contributed by atoms with E-state index in [4.69, 9.17) is 28.4 Å². The highest BCUT2D eigenvalue weighted by atomic mass is 16.8. The van der Waals surface area contributed by atoms with Crippen molar-refractivity contribution < 1.29 is 89.4 Å². The SMILES string of the molecule is CCCCCCCCCCCCCCCCCCCC(O)C(COC1OC(CO)C(OC2OC(CO)C(OC3OC(CO)C(O)C(O)C3O)C(O)C2O)C(O)C1O)NC(=O)CCCCC. The van der Waals surface area contributed by atoms with Crippen LogP contribution in [0.15, 0.2) is 0 Å². The van der Waals surface area contributed by atoms with E-state index >= 15 is 0 Å². The number of unbranched alkanes of at least 4 members (excludes halogenated alkanes) is 18. The van der Waals surface area contributed by atoms with E-state index in [0.29, 0.717) is 12.8 Å². The van der Waals surface area contributed by atoms with Gasteiger partial charge in [-0.25, -0.2) is 0 Å². The monoisotopic (exact) mass is 942 g/mol. The molecule has 3 heterocycles. The Hall–Kier alpha value is -1.21. The molecule has 3 fully saturated rings. The van der Waals surface area contributed by atoms with Crippen LogP contribution >= 0.6 is 0 Å². The van der Waals surface area contributed by atoms with Crippen molar-refractivity contribution in [1.82, 2.24) is 5.32 Å². The Morgan fingerprint density at radius 1 is 0.492 bits per heavy atom. The van der Waals surface area contributed by atoms with Crippen LogP contribution < -0.4 is 5.32 Å². The van der Waals surface area contributed by atoms with E-state index in [9.17, 15) is 61.0 Å². The van der Waals surface area contributed by atoms with Crippen molar-refractivity contribution in [3.63, 3.8) is 0 Å². The topological polar surface area (TPSA) is 307 Å². The molecule has 1 amide bonds. The molecular formula is C46H87NO18. The molecule has 0 aromatic heterocycles. The minimum absolute atomic E-state index is 0.255. The van der Waals surface area contributed by atoms with Gasteiger partial charge in [-0.3, -0.25) is 4.79 Å². The maximum atomic E-state index is 12.9. The average Bonchev–Trinajstić information content (AvgIpc) is 3.30. The molecule has 3 rings (SSSR count). The fourth-order valence-corrected chi connectivity index (χ4v) is 8.72. The van der Waals surface area contributed by atoms with Gasteiger partial charge in [-0.1, -0.05) is 136 Å². The molecule has 384 valence electrons. The van der Waals surface area contributed by atoms with Gasteiger partial charge in [0.1, 0.15) is 73.2 Å². The summed E-state index contributed by atoms with van der Waals surface area (Å²) in [5.74, 6) is -0.268. The molecule has 3 aliphatic rings. The normalized spacial score (nSPS) is 34.1. The van der Waals surface area contributed by atoms with Gasteiger partial charge < -0.3 is 89.9 Å². The first-order valence-corrected chi connectivity index (χ1v) is 24.8. The second-order valence-corrected chi connectivity index (χ2v) is 18.3. The highest BCUT2D eigenvalue weighted by Crippen LogP contribution is 2.33. The number of aliphatic hydroxyl groups is 11.